The summed E-state index contributed by atoms with van der Waals surface area (Å²) in [6.45, 7) is 3.22. The quantitative estimate of drug-likeness (QED) is 0.807. The van der Waals surface area contributed by atoms with Crippen LogP contribution in [-0.2, 0) is 16.0 Å². The minimum absolute atomic E-state index is 0.169. The van der Waals surface area contributed by atoms with Crippen LogP contribution in [0.1, 0.15) is 26.2 Å². The molecule has 2 rings (SSSR count). The zero-order chi connectivity index (χ0) is 16.1. The standard InChI is InChI=1S/C14H17N3O4S/c1-8(14(19)20)9(2)15-11(18)3-4-12-16-13(17-21-12)10-5-6-22-7-10/h5-9H,3-4H2,1-2H3,(H,15,18)(H,19,20). The number of hydrogen-bond acceptors (Lipinski definition) is 6. The Morgan fingerprint density at radius 2 is 2.23 bits per heavy atom. The molecule has 0 aromatic carbocycles. The number of thiophene rings is 1. The van der Waals surface area contributed by atoms with Crippen LogP contribution in [0.2, 0.25) is 0 Å². The highest BCUT2D eigenvalue weighted by molar-refractivity contribution is 7.08. The van der Waals surface area contributed by atoms with Crippen LogP contribution in [0.3, 0.4) is 0 Å². The maximum Gasteiger partial charge on any atom is 0.308 e. The average molecular weight is 323 g/mol. The molecule has 22 heavy (non-hydrogen) atoms. The summed E-state index contributed by atoms with van der Waals surface area (Å²) in [5.74, 6) is -0.932. The number of aryl methyl sites for hydroxylation is 1. The van der Waals surface area contributed by atoms with Crippen LogP contribution in [0.5, 0.6) is 0 Å². The van der Waals surface area contributed by atoms with Gasteiger partial charge in [-0.25, -0.2) is 0 Å². The molecule has 118 valence electrons. The van der Waals surface area contributed by atoms with Crippen molar-refractivity contribution >= 4 is 23.2 Å². The van der Waals surface area contributed by atoms with Gasteiger partial charge in [0.15, 0.2) is 0 Å². The highest BCUT2D eigenvalue weighted by Gasteiger charge is 2.21. The van der Waals surface area contributed by atoms with Crippen LogP contribution in [0.15, 0.2) is 21.3 Å². The topological polar surface area (TPSA) is 105 Å². The fourth-order valence-corrected chi connectivity index (χ4v) is 2.39. The number of amides is 1. The van der Waals surface area contributed by atoms with E-state index in [1.54, 1.807) is 13.8 Å². The Morgan fingerprint density at radius 3 is 2.86 bits per heavy atom. The molecule has 0 spiro atoms. The Labute approximate surface area is 131 Å². The highest BCUT2D eigenvalue weighted by Crippen LogP contribution is 2.18. The van der Waals surface area contributed by atoms with Crippen molar-refractivity contribution in [3.8, 4) is 11.4 Å². The zero-order valence-electron chi connectivity index (χ0n) is 12.3. The summed E-state index contributed by atoms with van der Waals surface area (Å²) in [5.41, 5.74) is 0.883. The second-order valence-electron chi connectivity index (χ2n) is 5.01. The molecule has 8 heteroatoms. The van der Waals surface area contributed by atoms with Crippen LogP contribution in [0, 0.1) is 5.92 Å². The molecule has 0 fully saturated rings. The molecule has 2 unspecified atom stereocenters. The first-order valence-corrected chi connectivity index (χ1v) is 7.79. The summed E-state index contributed by atoms with van der Waals surface area (Å²) in [6, 6.07) is 1.45. The van der Waals surface area contributed by atoms with Gasteiger partial charge in [0, 0.05) is 29.8 Å². The minimum atomic E-state index is -0.940. The Morgan fingerprint density at radius 1 is 1.45 bits per heavy atom. The summed E-state index contributed by atoms with van der Waals surface area (Å²) < 4.78 is 5.10. The molecule has 0 radical (unpaired) electrons. The SMILES string of the molecule is CC(NC(=O)CCc1nc(-c2ccsc2)no1)C(C)C(=O)O. The maximum absolute atomic E-state index is 11.8. The average Bonchev–Trinajstić information content (AvgIpc) is 3.14. The predicted octanol–water partition coefficient (Wildman–Crippen LogP) is 1.96. The van der Waals surface area contributed by atoms with E-state index in [9.17, 15) is 9.59 Å². The lowest BCUT2D eigenvalue weighted by molar-refractivity contribution is -0.142. The van der Waals surface area contributed by atoms with Crippen molar-refractivity contribution in [3.05, 3.63) is 22.7 Å². The van der Waals surface area contributed by atoms with Crippen molar-refractivity contribution in [1.82, 2.24) is 15.5 Å². The Kier molecular flexibility index (Phi) is 5.26. The van der Waals surface area contributed by atoms with Crippen LogP contribution < -0.4 is 5.32 Å². The zero-order valence-corrected chi connectivity index (χ0v) is 13.1. The van der Waals surface area contributed by atoms with Crippen molar-refractivity contribution in [1.29, 1.82) is 0 Å². The van der Waals surface area contributed by atoms with Crippen molar-refractivity contribution in [3.63, 3.8) is 0 Å². The molecule has 0 aliphatic heterocycles. The number of carbonyl (C=O) groups is 2. The number of hydrogen-bond donors (Lipinski definition) is 2. The van der Waals surface area contributed by atoms with Crippen molar-refractivity contribution in [2.24, 2.45) is 5.92 Å². The lowest BCUT2D eigenvalue weighted by Crippen LogP contribution is -2.40. The lowest BCUT2D eigenvalue weighted by atomic mass is 10.0. The van der Waals surface area contributed by atoms with Crippen molar-refractivity contribution < 1.29 is 19.2 Å². The first kappa shape index (κ1) is 16.2. The molecule has 0 saturated heterocycles. The van der Waals surface area contributed by atoms with Gasteiger partial charge in [-0.1, -0.05) is 5.16 Å². The first-order valence-electron chi connectivity index (χ1n) is 6.84. The third-order valence-electron chi connectivity index (χ3n) is 3.34. The van der Waals surface area contributed by atoms with Gasteiger partial charge in [0.2, 0.25) is 17.6 Å². The molecule has 2 aromatic rings. The summed E-state index contributed by atoms with van der Waals surface area (Å²) >= 11 is 1.54. The van der Waals surface area contributed by atoms with Gasteiger partial charge in [-0.3, -0.25) is 9.59 Å². The number of nitrogens with one attached hydrogen (secondary N) is 1. The van der Waals surface area contributed by atoms with E-state index in [-0.39, 0.29) is 12.3 Å². The Balaban J connectivity index is 1.83. The monoisotopic (exact) mass is 323 g/mol. The predicted molar refractivity (Wildman–Crippen MR) is 80.3 cm³/mol. The van der Waals surface area contributed by atoms with E-state index in [1.165, 1.54) is 11.3 Å². The van der Waals surface area contributed by atoms with Gasteiger partial charge in [0.1, 0.15) is 0 Å². The van der Waals surface area contributed by atoms with Crippen LogP contribution in [0.4, 0.5) is 0 Å². The molecule has 2 N–H and O–H groups in total. The first-order chi connectivity index (χ1) is 10.5. The summed E-state index contributed by atoms with van der Waals surface area (Å²) in [4.78, 5) is 26.9. The number of carboxylic acid groups (broad SMARTS) is 1. The van der Waals surface area contributed by atoms with Gasteiger partial charge in [-0.15, -0.1) is 0 Å². The van der Waals surface area contributed by atoms with Gasteiger partial charge < -0.3 is 14.9 Å². The van der Waals surface area contributed by atoms with E-state index in [1.807, 2.05) is 16.8 Å². The molecule has 0 aliphatic rings. The fraction of sp³-hybridized carbons (Fsp3) is 0.429. The van der Waals surface area contributed by atoms with Crippen molar-refractivity contribution in [2.75, 3.05) is 0 Å². The number of carbonyl (C=O) groups excluding carboxylic acids is 1. The maximum atomic E-state index is 11.8. The number of nitrogens with zero attached hydrogens (tertiary/aromatic N) is 2. The van der Waals surface area contributed by atoms with Crippen LogP contribution >= 0.6 is 11.3 Å². The van der Waals surface area contributed by atoms with E-state index in [0.717, 1.165) is 5.56 Å². The number of aliphatic carboxylic acids is 1. The molecule has 2 atom stereocenters. The second kappa shape index (κ2) is 7.17. The molecule has 2 aromatic heterocycles. The fourth-order valence-electron chi connectivity index (χ4n) is 1.75. The molecule has 2 heterocycles. The van der Waals surface area contributed by atoms with Gasteiger partial charge in [-0.05, 0) is 25.3 Å². The van der Waals surface area contributed by atoms with Gasteiger partial charge in [-0.2, -0.15) is 16.3 Å². The molecule has 1 amide bonds. The van der Waals surface area contributed by atoms with E-state index >= 15 is 0 Å². The summed E-state index contributed by atoms with van der Waals surface area (Å²) in [6.07, 6.45) is 0.485. The number of rotatable bonds is 7. The summed E-state index contributed by atoms with van der Waals surface area (Å²) in [7, 11) is 0. The largest absolute Gasteiger partial charge is 0.481 e. The molecule has 0 saturated carbocycles. The van der Waals surface area contributed by atoms with E-state index < -0.39 is 17.9 Å². The third-order valence-corrected chi connectivity index (χ3v) is 4.02. The third kappa shape index (κ3) is 4.14. The molecule has 7 nitrogen and oxygen atoms in total. The number of aromatic nitrogens is 2. The van der Waals surface area contributed by atoms with E-state index in [2.05, 4.69) is 15.5 Å². The van der Waals surface area contributed by atoms with Gasteiger partial charge in [0.25, 0.3) is 0 Å². The molecular formula is C14H17N3O4S. The highest BCUT2D eigenvalue weighted by atomic mass is 32.1. The molecule has 0 bridgehead atoms. The van der Waals surface area contributed by atoms with Crippen LogP contribution in [0.25, 0.3) is 11.4 Å². The number of carboxylic acids is 1. The summed E-state index contributed by atoms with van der Waals surface area (Å²) in [5, 5.41) is 19.2. The molecule has 0 aliphatic carbocycles. The van der Waals surface area contributed by atoms with E-state index in [4.69, 9.17) is 9.63 Å². The molecular weight excluding hydrogens is 306 g/mol. The Hall–Kier alpha value is -2.22. The second-order valence-corrected chi connectivity index (χ2v) is 5.79. The van der Waals surface area contributed by atoms with Gasteiger partial charge >= 0.3 is 5.97 Å². The van der Waals surface area contributed by atoms with Gasteiger partial charge in [0.05, 0.1) is 5.92 Å². The lowest BCUT2D eigenvalue weighted by Gasteiger charge is -2.17. The smallest absolute Gasteiger partial charge is 0.308 e. The van der Waals surface area contributed by atoms with Crippen LogP contribution in [-0.4, -0.2) is 33.2 Å². The normalized spacial score (nSPS) is 13.5. The van der Waals surface area contributed by atoms with Crippen molar-refractivity contribution in [2.45, 2.75) is 32.7 Å². The van der Waals surface area contributed by atoms with E-state index in [0.29, 0.717) is 18.1 Å². The minimum Gasteiger partial charge on any atom is -0.481 e. The Bertz CT molecular complexity index is 638.